The quantitative estimate of drug-likeness (QED) is 0.910. The van der Waals surface area contributed by atoms with Crippen LogP contribution in [0.2, 0.25) is 0 Å². The van der Waals surface area contributed by atoms with Gasteiger partial charge in [-0.1, -0.05) is 30.3 Å². The molecule has 4 nitrogen and oxygen atoms in total. The summed E-state index contributed by atoms with van der Waals surface area (Å²) in [6.07, 6.45) is 0.973. The minimum atomic E-state index is -0.0512. The number of ether oxygens (including phenoxy) is 1. The number of carbonyl (C=O) groups excluding carboxylic acids is 1. The Labute approximate surface area is 130 Å². The van der Waals surface area contributed by atoms with Gasteiger partial charge in [0.25, 0.3) is 0 Å². The predicted octanol–water partition coefficient (Wildman–Crippen LogP) is 3.26. The first-order valence-corrected chi connectivity index (χ1v) is 7.54. The van der Waals surface area contributed by atoms with Crippen LogP contribution < -0.4 is 15.4 Å². The number of benzene rings is 2. The minimum Gasteiger partial charge on any atom is -0.493 e. The van der Waals surface area contributed by atoms with Crippen molar-refractivity contribution in [2.75, 3.05) is 11.9 Å². The second-order valence-corrected chi connectivity index (χ2v) is 5.49. The summed E-state index contributed by atoms with van der Waals surface area (Å²) in [6.45, 7) is 3.05. The van der Waals surface area contributed by atoms with Crippen molar-refractivity contribution < 1.29 is 9.53 Å². The Morgan fingerprint density at radius 2 is 1.95 bits per heavy atom. The molecule has 4 heteroatoms. The third-order valence-corrected chi connectivity index (χ3v) is 3.79. The van der Waals surface area contributed by atoms with Crippen molar-refractivity contribution in [2.24, 2.45) is 0 Å². The molecule has 0 bridgehead atoms. The van der Waals surface area contributed by atoms with E-state index in [2.05, 4.69) is 16.7 Å². The highest BCUT2D eigenvalue weighted by molar-refractivity contribution is 5.88. The van der Waals surface area contributed by atoms with E-state index >= 15 is 0 Å². The molecule has 2 N–H and O–H groups in total. The van der Waals surface area contributed by atoms with Crippen LogP contribution in [0.5, 0.6) is 5.75 Å². The second-order valence-electron chi connectivity index (χ2n) is 5.49. The Morgan fingerprint density at radius 1 is 1.18 bits per heavy atom. The SMILES string of the molecule is CC(=O)Nc1ccc(CN[C@@H]2CCOc3ccccc32)cc1. The molecule has 114 valence electrons. The van der Waals surface area contributed by atoms with Crippen molar-refractivity contribution >= 4 is 11.6 Å². The zero-order valence-corrected chi connectivity index (χ0v) is 12.6. The number of hydrogen-bond donors (Lipinski definition) is 2. The van der Waals surface area contributed by atoms with Crippen LogP contribution in [0.4, 0.5) is 5.69 Å². The maximum Gasteiger partial charge on any atom is 0.221 e. The lowest BCUT2D eigenvalue weighted by Crippen LogP contribution is -2.26. The van der Waals surface area contributed by atoms with Crippen LogP contribution in [-0.2, 0) is 11.3 Å². The van der Waals surface area contributed by atoms with E-state index in [-0.39, 0.29) is 5.91 Å². The number of anilines is 1. The van der Waals surface area contributed by atoms with Gasteiger partial charge in [0.1, 0.15) is 5.75 Å². The number of fused-ring (bicyclic) bond motifs is 1. The minimum absolute atomic E-state index is 0.0512. The summed E-state index contributed by atoms with van der Waals surface area (Å²) in [7, 11) is 0. The van der Waals surface area contributed by atoms with Crippen molar-refractivity contribution in [3.63, 3.8) is 0 Å². The first-order valence-electron chi connectivity index (χ1n) is 7.54. The van der Waals surface area contributed by atoms with Crippen LogP contribution in [0.25, 0.3) is 0 Å². The van der Waals surface area contributed by atoms with E-state index in [0.29, 0.717) is 6.04 Å². The molecular weight excluding hydrogens is 276 g/mol. The first kappa shape index (κ1) is 14.6. The van der Waals surface area contributed by atoms with Gasteiger partial charge in [0, 0.05) is 37.2 Å². The molecule has 2 aromatic rings. The molecule has 1 aliphatic heterocycles. The molecule has 0 radical (unpaired) electrons. The molecule has 3 rings (SSSR count). The Balaban J connectivity index is 1.62. The van der Waals surface area contributed by atoms with Gasteiger partial charge >= 0.3 is 0 Å². The molecule has 1 atom stereocenters. The lowest BCUT2D eigenvalue weighted by atomic mass is 10.0. The highest BCUT2D eigenvalue weighted by Gasteiger charge is 2.20. The van der Waals surface area contributed by atoms with Crippen molar-refractivity contribution in [3.05, 3.63) is 59.7 Å². The van der Waals surface area contributed by atoms with E-state index in [0.717, 1.165) is 31.0 Å². The largest absolute Gasteiger partial charge is 0.493 e. The van der Waals surface area contributed by atoms with Crippen LogP contribution in [0.1, 0.15) is 30.5 Å². The standard InChI is InChI=1S/C18H20N2O2/c1-13(21)20-15-8-6-14(7-9-15)12-19-17-10-11-22-18-5-3-2-4-16(17)18/h2-9,17,19H,10-12H2,1H3,(H,20,21)/t17-/m1/s1. The predicted molar refractivity (Wildman–Crippen MR) is 86.9 cm³/mol. The van der Waals surface area contributed by atoms with E-state index in [1.54, 1.807) is 0 Å². The summed E-state index contributed by atoms with van der Waals surface area (Å²) >= 11 is 0. The maximum absolute atomic E-state index is 11.0. The highest BCUT2D eigenvalue weighted by atomic mass is 16.5. The summed E-state index contributed by atoms with van der Waals surface area (Å²) in [5, 5.41) is 6.36. The number of hydrogen-bond acceptors (Lipinski definition) is 3. The molecule has 0 aliphatic carbocycles. The van der Waals surface area contributed by atoms with Crippen LogP contribution in [0.15, 0.2) is 48.5 Å². The lowest BCUT2D eigenvalue weighted by Gasteiger charge is -2.26. The van der Waals surface area contributed by atoms with Crippen LogP contribution in [-0.4, -0.2) is 12.5 Å². The second kappa shape index (κ2) is 6.62. The average Bonchev–Trinajstić information content (AvgIpc) is 2.54. The normalized spacial score (nSPS) is 16.5. The van der Waals surface area contributed by atoms with Gasteiger partial charge in [-0.3, -0.25) is 4.79 Å². The molecule has 1 amide bonds. The summed E-state index contributed by atoms with van der Waals surface area (Å²) in [5.74, 6) is 0.928. The molecule has 2 aromatic carbocycles. The van der Waals surface area contributed by atoms with Crippen LogP contribution in [0.3, 0.4) is 0 Å². The van der Waals surface area contributed by atoms with Gasteiger partial charge < -0.3 is 15.4 Å². The van der Waals surface area contributed by atoms with Crippen molar-refractivity contribution in [1.82, 2.24) is 5.32 Å². The Bertz CT molecular complexity index is 652. The monoisotopic (exact) mass is 296 g/mol. The van der Waals surface area contributed by atoms with Crippen molar-refractivity contribution in [3.8, 4) is 5.75 Å². The summed E-state index contributed by atoms with van der Waals surface area (Å²) in [6, 6.07) is 16.4. The van der Waals surface area contributed by atoms with Gasteiger partial charge in [0.15, 0.2) is 0 Å². The van der Waals surface area contributed by atoms with Gasteiger partial charge in [0.05, 0.1) is 6.61 Å². The van der Waals surface area contributed by atoms with E-state index in [4.69, 9.17) is 4.74 Å². The molecule has 0 saturated heterocycles. The van der Waals surface area contributed by atoms with E-state index < -0.39 is 0 Å². The highest BCUT2D eigenvalue weighted by Crippen LogP contribution is 2.31. The van der Waals surface area contributed by atoms with Gasteiger partial charge in [0.2, 0.25) is 5.91 Å². The fourth-order valence-electron chi connectivity index (χ4n) is 2.70. The van der Waals surface area contributed by atoms with E-state index in [9.17, 15) is 4.79 Å². The average molecular weight is 296 g/mol. The third-order valence-electron chi connectivity index (χ3n) is 3.79. The van der Waals surface area contributed by atoms with Crippen molar-refractivity contribution in [2.45, 2.75) is 25.9 Å². The van der Waals surface area contributed by atoms with Crippen molar-refractivity contribution in [1.29, 1.82) is 0 Å². The lowest BCUT2D eigenvalue weighted by molar-refractivity contribution is -0.114. The number of para-hydroxylation sites is 1. The molecule has 0 saturated carbocycles. The zero-order valence-electron chi connectivity index (χ0n) is 12.6. The van der Waals surface area contributed by atoms with Gasteiger partial charge in [-0.25, -0.2) is 0 Å². The summed E-state index contributed by atoms with van der Waals surface area (Å²) in [5.41, 5.74) is 3.24. The molecule has 1 aliphatic rings. The van der Waals surface area contributed by atoms with Gasteiger partial charge in [-0.05, 0) is 23.8 Å². The fourth-order valence-corrected chi connectivity index (χ4v) is 2.70. The Kier molecular flexibility index (Phi) is 4.39. The Morgan fingerprint density at radius 3 is 2.73 bits per heavy atom. The van der Waals surface area contributed by atoms with Crippen LogP contribution in [0, 0.1) is 0 Å². The molecule has 0 aromatic heterocycles. The molecule has 0 unspecified atom stereocenters. The Hall–Kier alpha value is -2.33. The van der Waals surface area contributed by atoms with E-state index in [1.807, 2.05) is 42.5 Å². The van der Waals surface area contributed by atoms with Crippen LogP contribution >= 0.6 is 0 Å². The topological polar surface area (TPSA) is 50.4 Å². The summed E-state index contributed by atoms with van der Waals surface area (Å²) < 4.78 is 5.68. The van der Waals surface area contributed by atoms with Gasteiger partial charge in [-0.15, -0.1) is 0 Å². The number of nitrogens with one attached hydrogen (secondary N) is 2. The number of rotatable bonds is 4. The fraction of sp³-hybridized carbons (Fsp3) is 0.278. The molecule has 22 heavy (non-hydrogen) atoms. The molecule has 1 heterocycles. The zero-order chi connectivity index (χ0) is 15.4. The smallest absolute Gasteiger partial charge is 0.221 e. The molecule has 0 spiro atoms. The molecular formula is C18H20N2O2. The maximum atomic E-state index is 11.0. The third kappa shape index (κ3) is 3.46. The number of carbonyl (C=O) groups is 1. The van der Waals surface area contributed by atoms with E-state index in [1.165, 1.54) is 18.1 Å². The molecule has 0 fully saturated rings. The first-order chi connectivity index (χ1) is 10.7. The summed E-state index contributed by atoms with van der Waals surface area (Å²) in [4.78, 5) is 11.0. The van der Waals surface area contributed by atoms with Gasteiger partial charge in [-0.2, -0.15) is 0 Å². The number of amides is 1.